The van der Waals surface area contributed by atoms with Gasteiger partial charge in [-0.25, -0.2) is 4.39 Å². The Kier molecular flexibility index (Phi) is 3.28. The lowest BCUT2D eigenvalue weighted by Gasteiger charge is -2.15. The van der Waals surface area contributed by atoms with Gasteiger partial charge in [-0.3, -0.25) is 4.79 Å². The van der Waals surface area contributed by atoms with Crippen LogP contribution in [0.3, 0.4) is 0 Å². The number of benzene rings is 1. The average Bonchev–Trinajstić information content (AvgIpc) is 2.73. The van der Waals surface area contributed by atoms with Crippen molar-refractivity contribution in [3.8, 4) is 5.75 Å². The second-order valence-corrected chi connectivity index (χ2v) is 4.09. The third-order valence-electron chi connectivity index (χ3n) is 2.88. The van der Waals surface area contributed by atoms with Crippen molar-refractivity contribution in [1.82, 2.24) is 0 Å². The van der Waals surface area contributed by atoms with Crippen molar-refractivity contribution in [3.05, 3.63) is 29.1 Å². The number of hydrogen-bond acceptors (Lipinski definition) is 3. The lowest BCUT2D eigenvalue weighted by molar-refractivity contribution is -0.137. The zero-order valence-electron chi connectivity index (χ0n) is 9.28. The number of carboxylic acids is 1. The highest BCUT2D eigenvalue weighted by Crippen LogP contribution is 2.36. The van der Waals surface area contributed by atoms with Crippen LogP contribution in [0.4, 0.5) is 4.39 Å². The molecule has 1 heterocycles. The van der Waals surface area contributed by atoms with Crippen molar-refractivity contribution in [2.24, 2.45) is 5.73 Å². The van der Waals surface area contributed by atoms with Crippen LogP contribution in [0.2, 0.25) is 0 Å². The van der Waals surface area contributed by atoms with E-state index in [1.165, 1.54) is 6.07 Å². The maximum absolute atomic E-state index is 13.7. The van der Waals surface area contributed by atoms with Gasteiger partial charge >= 0.3 is 5.97 Å². The normalized spacial score (nSPS) is 15.2. The molecule has 0 bridgehead atoms. The summed E-state index contributed by atoms with van der Waals surface area (Å²) < 4.78 is 19.1. The Morgan fingerprint density at radius 2 is 2.35 bits per heavy atom. The summed E-state index contributed by atoms with van der Waals surface area (Å²) in [5, 5.41) is 8.59. The van der Waals surface area contributed by atoms with E-state index in [9.17, 15) is 9.18 Å². The van der Waals surface area contributed by atoms with Gasteiger partial charge in [-0.1, -0.05) is 6.07 Å². The molecule has 0 fully saturated rings. The number of nitrogens with two attached hydrogens (primary N) is 1. The Balaban J connectivity index is 2.25. The van der Waals surface area contributed by atoms with Gasteiger partial charge < -0.3 is 15.6 Å². The summed E-state index contributed by atoms with van der Waals surface area (Å²) in [6, 6.07) is 2.41. The van der Waals surface area contributed by atoms with Crippen molar-refractivity contribution >= 4 is 5.97 Å². The maximum atomic E-state index is 13.7. The quantitative estimate of drug-likeness (QED) is 0.837. The first-order valence-corrected chi connectivity index (χ1v) is 5.51. The van der Waals surface area contributed by atoms with Gasteiger partial charge in [0.25, 0.3) is 0 Å². The molecule has 0 radical (unpaired) electrons. The largest absolute Gasteiger partial charge is 0.492 e. The SMILES string of the molecule is NC(CCC(=O)O)c1c(F)ccc2c1OCC2. The molecule has 1 aliphatic rings. The fourth-order valence-electron chi connectivity index (χ4n) is 2.02. The first-order chi connectivity index (χ1) is 8.09. The van der Waals surface area contributed by atoms with Gasteiger partial charge in [-0.05, 0) is 18.1 Å². The van der Waals surface area contributed by atoms with Gasteiger partial charge in [0.2, 0.25) is 0 Å². The van der Waals surface area contributed by atoms with Crippen LogP contribution >= 0.6 is 0 Å². The molecule has 0 amide bonds. The van der Waals surface area contributed by atoms with E-state index >= 15 is 0 Å². The second kappa shape index (κ2) is 4.71. The van der Waals surface area contributed by atoms with E-state index in [0.29, 0.717) is 17.9 Å². The van der Waals surface area contributed by atoms with Crippen LogP contribution in [0.5, 0.6) is 5.75 Å². The zero-order chi connectivity index (χ0) is 12.4. The van der Waals surface area contributed by atoms with Crippen LogP contribution < -0.4 is 10.5 Å². The number of rotatable bonds is 4. The summed E-state index contributed by atoms with van der Waals surface area (Å²) in [4.78, 5) is 10.5. The minimum absolute atomic E-state index is 0.0791. The molecule has 2 rings (SSSR count). The van der Waals surface area contributed by atoms with Gasteiger partial charge in [0.1, 0.15) is 11.6 Å². The average molecular weight is 239 g/mol. The molecule has 92 valence electrons. The van der Waals surface area contributed by atoms with E-state index < -0.39 is 17.8 Å². The molecule has 1 aromatic carbocycles. The highest BCUT2D eigenvalue weighted by molar-refractivity contribution is 5.66. The minimum atomic E-state index is -0.936. The Morgan fingerprint density at radius 1 is 1.59 bits per heavy atom. The van der Waals surface area contributed by atoms with Crippen molar-refractivity contribution in [2.45, 2.75) is 25.3 Å². The minimum Gasteiger partial charge on any atom is -0.492 e. The van der Waals surface area contributed by atoms with Gasteiger partial charge in [-0.2, -0.15) is 0 Å². The molecule has 1 aliphatic heterocycles. The molecule has 0 aromatic heterocycles. The fourth-order valence-corrected chi connectivity index (χ4v) is 2.02. The van der Waals surface area contributed by atoms with Crippen molar-refractivity contribution in [1.29, 1.82) is 0 Å². The van der Waals surface area contributed by atoms with Crippen molar-refractivity contribution in [2.75, 3.05) is 6.61 Å². The van der Waals surface area contributed by atoms with E-state index in [1.807, 2.05) is 0 Å². The maximum Gasteiger partial charge on any atom is 0.303 e. The first-order valence-electron chi connectivity index (χ1n) is 5.51. The van der Waals surface area contributed by atoms with Crippen LogP contribution in [0.15, 0.2) is 12.1 Å². The summed E-state index contributed by atoms with van der Waals surface area (Å²) in [6.07, 6.45) is 0.866. The molecule has 1 unspecified atom stereocenters. The first kappa shape index (κ1) is 11.9. The van der Waals surface area contributed by atoms with Crippen molar-refractivity contribution < 1.29 is 19.0 Å². The number of carboxylic acid groups (broad SMARTS) is 1. The van der Waals surface area contributed by atoms with E-state index in [4.69, 9.17) is 15.6 Å². The smallest absolute Gasteiger partial charge is 0.303 e. The van der Waals surface area contributed by atoms with Crippen LogP contribution in [0, 0.1) is 5.82 Å². The Morgan fingerprint density at radius 3 is 3.06 bits per heavy atom. The summed E-state index contributed by atoms with van der Waals surface area (Å²) in [5.41, 5.74) is 7.08. The third-order valence-corrected chi connectivity index (χ3v) is 2.88. The van der Waals surface area contributed by atoms with Gasteiger partial charge in [0.15, 0.2) is 0 Å². The number of halogens is 1. The van der Waals surface area contributed by atoms with E-state index in [2.05, 4.69) is 0 Å². The molecule has 5 heteroatoms. The highest BCUT2D eigenvalue weighted by Gasteiger charge is 2.24. The Labute approximate surface area is 98.2 Å². The third kappa shape index (κ3) is 2.39. The molecule has 3 N–H and O–H groups in total. The molecular weight excluding hydrogens is 225 g/mol. The Hall–Kier alpha value is -1.62. The number of hydrogen-bond donors (Lipinski definition) is 2. The number of ether oxygens (including phenoxy) is 1. The van der Waals surface area contributed by atoms with Gasteiger partial charge in [0, 0.05) is 24.4 Å². The lowest BCUT2D eigenvalue weighted by atomic mass is 9.98. The molecule has 1 aromatic rings. The van der Waals surface area contributed by atoms with Crippen LogP contribution in [0.25, 0.3) is 0 Å². The van der Waals surface area contributed by atoms with Crippen LogP contribution in [0.1, 0.15) is 30.0 Å². The molecule has 0 saturated heterocycles. The molecule has 0 spiro atoms. The summed E-state index contributed by atoms with van der Waals surface area (Å²) in [6.45, 7) is 0.525. The van der Waals surface area contributed by atoms with Crippen LogP contribution in [-0.4, -0.2) is 17.7 Å². The van der Waals surface area contributed by atoms with Crippen LogP contribution in [-0.2, 0) is 11.2 Å². The molecular formula is C12H14FNO3. The van der Waals surface area contributed by atoms with E-state index in [0.717, 1.165) is 12.0 Å². The molecule has 0 saturated carbocycles. The number of fused-ring (bicyclic) bond motifs is 1. The topological polar surface area (TPSA) is 72.6 Å². The summed E-state index contributed by atoms with van der Waals surface area (Å²) >= 11 is 0. The summed E-state index contributed by atoms with van der Waals surface area (Å²) in [7, 11) is 0. The van der Waals surface area contributed by atoms with Gasteiger partial charge in [0.05, 0.1) is 6.61 Å². The molecule has 4 nitrogen and oxygen atoms in total. The summed E-state index contributed by atoms with van der Waals surface area (Å²) in [5.74, 6) is -0.860. The predicted molar refractivity (Wildman–Crippen MR) is 59.4 cm³/mol. The Bertz CT molecular complexity index is 448. The van der Waals surface area contributed by atoms with Crippen molar-refractivity contribution in [3.63, 3.8) is 0 Å². The second-order valence-electron chi connectivity index (χ2n) is 4.09. The fraction of sp³-hybridized carbons (Fsp3) is 0.417. The van der Waals surface area contributed by atoms with E-state index in [1.54, 1.807) is 6.07 Å². The lowest BCUT2D eigenvalue weighted by Crippen LogP contribution is -2.15. The predicted octanol–water partition coefficient (Wildman–Crippen LogP) is 1.63. The number of carbonyl (C=O) groups is 1. The molecule has 1 atom stereocenters. The molecule has 17 heavy (non-hydrogen) atoms. The monoisotopic (exact) mass is 239 g/mol. The zero-order valence-corrected chi connectivity index (χ0v) is 9.28. The number of aliphatic carboxylic acids is 1. The van der Waals surface area contributed by atoms with E-state index in [-0.39, 0.29) is 12.8 Å². The standard InChI is InChI=1S/C12H14FNO3/c13-8-2-1-7-5-6-17-12(7)11(8)9(14)3-4-10(15)16/h1-2,9H,3-6,14H2,(H,15,16). The highest BCUT2D eigenvalue weighted by atomic mass is 19.1. The molecule has 0 aliphatic carbocycles. The van der Waals surface area contributed by atoms with Gasteiger partial charge in [-0.15, -0.1) is 0 Å².